The summed E-state index contributed by atoms with van der Waals surface area (Å²) in [5.41, 5.74) is -0.599. The standard InChI is InChI=1S/C16H32N2O2/c1-6-11-17-16(5,15(19)20-8-3)12-18-13(4)9-10-14(18)7-2/h13-14,17H,6-12H2,1-5H3. The van der Waals surface area contributed by atoms with Crippen LogP contribution in [0.4, 0.5) is 0 Å². The third-order valence-electron chi connectivity index (χ3n) is 4.41. The molecule has 0 aromatic rings. The quantitative estimate of drug-likeness (QED) is 0.696. The summed E-state index contributed by atoms with van der Waals surface area (Å²) in [5, 5.41) is 3.41. The maximum Gasteiger partial charge on any atom is 0.327 e. The molecule has 1 aliphatic heterocycles. The first-order chi connectivity index (χ1) is 9.48. The number of rotatable bonds is 8. The van der Waals surface area contributed by atoms with Gasteiger partial charge in [-0.2, -0.15) is 0 Å². The molecular weight excluding hydrogens is 252 g/mol. The number of hydrogen-bond acceptors (Lipinski definition) is 4. The smallest absolute Gasteiger partial charge is 0.327 e. The highest BCUT2D eigenvalue weighted by molar-refractivity contribution is 5.80. The van der Waals surface area contributed by atoms with Crippen LogP contribution in [0.2, 0.25) is 0 Å². The molecule has 1 heterocycles. The van der Waals surface area contributed by atoms with Crippen LogP contribution in [-0.4, -0.2) is 48.2 Å². The highest BCUT2D eigenvalue weighted by Gasteiger charge is 2.40. The number of ether oxygens (including phenoxy) is 1. The molecule has 1 fully saturated rings. The second-order valence-corrected chi connectivity index (χ2v) is 6.14. The number of carbonyl (C=O) groups excluding carboxylic acids is 1. The Bertz CT molecular complexity index is 309. The summed E-state index contributed by atoms with van der Waals surface area (Å²) in [6, 6.07) is 1.15. The molecular formula is C16H32N2O2. The molecule has 4 heteroatoms. The summed E-state index contributed by atoms with van der Waals surface area (Å²) in [7, 11) is 0. The molecule has 0 aromatic heterocycles. The van der Waals surface area contributed by atoms with Gasteiger partial charge in [-0.15, -0.1) is 0 Å². The van der Waals surface area contributed by atoms with E-state index in [1.165, 1.54) is 12.8 Å². The Morgan fingerprint density at radius 2 is 2.05 bits per heavy atom. The van der Waals surface area contributed by atoms with Crippen LogP contribution in [0.25, 0.3) is 0 Å². The van der Waals surface area contributed by atoms with Gasteiger partial charge in [0, 0.05) is 18.6 Å². The van der Waals surface area contributed by atoms with E-state index in [2.05, 4.69) is 31.0 Å². The minimum atomic E-state index is -0.599. The van der Waals surface area contributed by atoms with Crippen LogP contribution in [0, 0.1) is 0 Å². The molecule has 0 radical (unpaired) electrons. The maximum absolute atomic E-state index is 12.3. The van der Waals surface area contributed by atoms with E-state index >= 15 is 0 Å². The molecule has 1 N–H and O–H groups in total. The lowest BCUT2D eigenvalue weighted by molar-refractivity contribution is -0.151. The lowest BCUT2D eigenvalue weighted by Gasteiger charge is -2.37. The van der Waals surface area contributed by atoms with Crippen molar-refractivity contribution in [1.82, 2.24) is 10.2 Å². The van der Waals surface area contributed by atoms with Crippen LogP contribution >= 0.6 is 0 Å². The molecule has 0 spiro atoms. The molecule has 1 saturated heterocycles. The Hall–Kier alpha value is -0.610. The Balaban J connectivity index is 2.79. The highest BCUT2D eigenvalue weighted by atomic mass is 16.5. The minimum absolute atomic E-state index is 0.123. The molecule has 0 bridgehead atoms. The van der Waals surface area contributed by atoms with E-state index in [0.29, 0.717) is 18.7 Å². The number of hydrogen-bond donors (Lipinski definition) is 1. The normalized spacial score (nSPS) is 26.4. The van der Waals surface area contributed by atoms with Crippen molar-refractivity contribution in [3.05, 3.63) is 0 Å². The van der Waals surface area contributed by atoms with Crippen LogP contribution in [0.5, 0.6) is 0 Å². The number of likely N-dealkylation sites (tertiary alicyclic amines) is 1. The lowest BCUT2D eigenvalue weighted by atomic mass is 10.00. The summed E-state index contributed by atoms with van der Waals surface area (Å²) in [5.74, 6) is -0.123. The molecule has 0 aromatic carbocycles. The zero-order valence-corrected chi connectivity index (χ0v) is 13.9. The number of carbonyl (C=O) groups is 1. The fraction of sp³-hybridized carbons (Fsp3) is 0.938. The van der Waals surface area contributed by atoms with E-state index in [-0.39, 0.29) is 5.97 Å². The number of nitrogens with zero attached hydrogens (tertiary/aromatic N) is 1. The largest absolute Gasteiger partial charge is 0.465 e. The van der Waals surface area contributed by atoms with E-state index in [4.69, 9.17) is 4.74 Å². The van der Waals surface area contributed by atoms with Gasteiger partial charge >= 0.3 is 5.97 Å². The second kappa shape index (κ2) is 7.99. The van der Waals surface area contributed by atoms with Gasteiger partial charge in [-0.05, 0) is 53.0 Å². The molecule has 20 heavy (non-hydrogen) atoms. The van der Waals surface area contributed by atoms with Gasteiger partial charge in [0.25, 0.3) is 0 Å². The summed E-state index contributed by atoms with van der Waals surface area (Å²) < 4.78 is 5.29. The van der Waals surface area contributed by atoms with Gasteiger partial charge in [0.2, 0.25) is 0 Å². The second-order valence-electron chi connectivity index (χ2n) is 6.14. The van der Waals surface area contributed by atoms with Gasteiger partial charge < -0.3 is 10.1 Å². The average Bonchev–Trinajstić information content (AvgIpc) is 2.77. The van der Waals surface area contributed by atoms with Crippen LogP contribution in [0.1, 0.15) is 60.3 Å². The monoisotopic (exact) mass is 284 g/mol. The predicted molar refractivity (Wildman–Crippen MR) is 82.8 cm³/mol. The summed E-state index contributed by atoms with van der Waals surface area (Å²) in [4.78, 5) is 14.8. The lowest BCUT2D eigenvalue weighted by Crippen LogP contribution is -2.59. The minimum Gasteiger partial charge on any atom is -0.465 e. The first-order valence-corrected chi connectivity index (χ1v) is 8.16. The van der Waals surface area contributed by atoms with Crippen molar-refractivity contribution in [3.63, 3.8) is 0 Å². The Morgan fingerprint density at radius 3 is 2.60 bits per heavy atom. The fourth-order valence-corrected chi connectivity index (χ4v) is 3.10. The third-order valence-corrected chi connectivity index (χ3v) is 4.41. The number of esters is 1. The maximum atomic E-state index is 12.3. The first-order valence-electron chi connectivity index (χ1n) is 8.16. The first kappa shape index (κ1) is 17.4. The van der Waals surface area contributed by atoms with Crippen molar-refractivity contribution in [3.8, 4) is 0 Å². The van der Waals surface area contributed by atoms with Gasteiger partial charge in [-0.3, -0.25) is 9.69 Å². The van der Waals surface area contributed by atoms with Crippen molar-refractivity contribution >= 4 is 5.97 Å². The molecule has 0 amide bonds. The average molecular weight is 284 g/mol. The van der Waals surface area contributed by atoms with E-state index in [1.54, 1.807) is 0 Å². The third kappa shape index (κ3) is 4.19. The molecule has 3 atom stereocenters. The summed E-state index contributed by atoms with van der Waals surface area (Å²) in [6.07, 6.45) is 4.63. The van der Waals surface area contributed by atoms with Gasteiger partial charge in [0.05, 0.1) is 6.61 Å². The van der Waals surface area contributed by atoms with E-state index < -0.39 is 5.54 Å². The highest BCUT2D eigenvalue weighted by Crippen LogP contribution is 2.28. The van der Waals surface area contributed by atoms with Crippen molar-refractivity contribution < 1.29 is 9.53 Å². The van der Waals surface area contributed by atoms with E-state index in [1.807, 2.05) is 13.8 Å². The van der Waals surface area contributed by atoms with Gasteiger partial charge in [-0.1, -0.05) is 13.8 Å². The van der Waals surface area contributed by atoms with Crippen molar-refractivity contribution in [2.45, 2.75) is 77.9 Å². The Labute approximate surface area is 124 Å². The Morgan fingerprint density at radius 1 is 1.35 bits per heavy atom. The van der Waals surface area contributed by atoms with Crippen LogP contribution < -0.4 is 5.32 Å². The van der Waals surface area contributed by atoms with Crippen LogP contribution in [0.3, 0.4) is 0 Å². The Kier molecular flexibility index (Phi) is 6.96. The zero-order valence-electron chi connectivity index (χ0n) is 13.9. The molecule has 3 unspecified atom stereocenters. The van der Waals surface area contributed by atoms with Crippen LogP contribution in [0.15, 0.2) is 0 Å². The van der Waals surface area contributed by atoms with E-state index in [9.17, 15) is 4.79 Å². The fourth-order valence-electron chi connectivity index (χ4n) is 3.10. The zero-order chi connectivity index (χ0) is 15.2. The predicted octanol–water partition coefficient (Wildman–Crippen LogP) is 2.57. The molecule has 1 rings (SSSR count). The molecule has 0 aliphatic carbocycles. The summed E-state index contributed by atoms with van der Waals surface area (Å²) >= 11 is 0. The molecule has 0 saturated carbocycles. The molecule has 118 valence electrons. The SMILES string of the molecule is CCCNC(C)(CN1C(C)CCC1CC)C(=O)OCC. The van der Waals surface area contributed by atoms with Crippen LogP contribution in [-0.2, 0) is 9.53 Å². The van der Waals surface area contributed by atoms with Gasteiger partial charge in [0.15, 0.2) is 0 Å². The van der Waals surface area contributed by atoms with Crippen molar-refractivity contribution in [2.24, 2.45) is 0 Å². The number of nitrogens with one attached hydrogen (secondary N) is 1. The summed E-state index contributed by atoms with van der Waals surface area (Å²) in [6.45, 7) is 12.5. The van der Waals surface area contributed by atoms with Crippen molar-refractivity contribution in [1.29, 1.82) is 0 Å². The molecule has 4 nitrogen and oxygen atoms in total. The van der Waals surface area contributed by atoms with Crippen molar-refractivity contribution in [2.75, 3.05) is 19.7 Å². The van der Waals surface area contributed by atoms with Gasteiger partial charge in [-0.25, -0.2) is 0 Å². The van der Waals surface area contributed by atoms with Gasteiger partial charge in [0.1, 0.15) is 5.54 Å². The topological polar surface area (TPSA) is 41.6 Å². The van der Waals surface area contributed by atoms with E-state index in [0.717, 1.165) is 25.9 Å². The molecule has 1 aliphatic rings.